The van der Waals surface area contributed by atoms with Crippen LogP contribution in [0.1, 0.15) is 50.2 Å². The maximum Gasteiger partial charge on any atom is 0.274 e. The molecule has 178 valence electrons. The SMILES string of the molecule is C=c1c(=O)[nH]c2n1Cc1cc(OCCCC(=O)N(CCCCC)Cc3ccccc3)ccc1N=2. The molecule has 0 spiro atoms. The van der Waals surface area contributed by atoms with Gasteiger partial charge in [-0.05, 0) is 36.6 Å². The van der Waals surface area contributed by atoms with Gasteiger partial charge >= 0.3 is 0 Å². The summed E-state index contributed by atoms with van der Waals surface area (Å²) in [6, 6.07) is 15.9. The third-order valence-corrected chi connectivity index (χ3v) is 6.08. The van der Waals surface area contributed by atoms with E-state index in [2.05, 4.69) is 35.6 Å². The number of hydrogen-bond acceptors (Lipinski definition) is 4. The van der Waals surface area contributed by atoms with Crippen molar-refractivity contribution in [3.8, 4) is 5.75 Å². The lowest BCUT2D eigenvalue weighted by molar-refractivity contribution is -0.132. The van der Waals surface area contributed by atoms with Crippen LogP contribution in [0.25, 0.3) is 6.58 Å². The Morgan fingerprint density at radius 1 is 1.18 bits per heavy atom. The zero-order valence-electron chi connectivity index (χ0n) is 19.8. The fourth-order valence-electron chi connectivity index (χ4n) is 4.14. The summed E-state index contributed by atoms with van der Waals surface area (Å²) < 4.78 is 7.71. The van der Waals surface area contributed by atoms with Gasteiger partial charge in [0.25, 0.3) is 5.56 Å². The number of nitrogens with one attached hydrogen (secondary N) is 1. The van der Waals surface area contributed by atoms with Crippen molar-refractivity contribution < 1.29 is 9.53 Å². The summed E-state index contributed by atoms with van der Waals surface area (Å²) in [5.41, 5.74) is 3.24. The second-order valence-corrected chi connectivity index (χ2v) is 8.67. The molecule has 34 heavy (non-hydrogen) atoms. The highest BCUT2D eigenvalue weighted by Crippen LogP contribution is 2.26. The van der Waals surface area contributed by atoms with Crippen LogP contribution in [0, 0.1) is 0 Å². The van der Waals surface area contributed by atoms with E-state index in [0.29, 0.717) is 43.5 Å². The molecule has 0 atom stereocenters. The molecule has 0 bridgehead atoms. The molecular formula is C27H32N4O3. The number of carbonyl (C=O) groups excluding carboxylic acids is 1. The molecule has 4 rings (SSSR count). The van der Waals surface area contributed by atoms with Crippen molar-refractivity contribution in [1.82, 2.24) is 14.5 Å². The monoisotopic (exact) mass is 460 g/mol. The molecule has 0 saturated carbocycles. The van der Waals surface area contributed by atoms with Crippen LogP contribution in [0.5, 0.6) is 5.75 Å². The summed E-state index contributed by atoms with van der Waals surface area (Å²) in [6.07, 6.45) is 4.39. The lowest BCUT2D eigenvalue weighted by atomic mass is 10.1. The Bertz CT molecular complexity index is 1290. The van der Waals surface area contributed by atoms with Gasteiger partial charge in [-0.25, -0.2) is 4.99 Å². The van der Waals surface area contributed by atoms with E-state index in [-0.39, 0.29) is 11.5 Å². The Morgan fingerprint density at radius 3 is 2.79 bits per heavy atom. The van der Waals surface area contributed by atoms with E-state index in [1.54, 1.807) is 4.57 Å². The van der Waals surface area contributed by atoms with Crippen molar-refractivity contribution in [1.29, 1.82) is 0 Å². The van der Waals surface area contributed by atoms with E-state index in [1.807, 2.05) is 41.3 Å². The Balaban J connectivity index is 1.30. The van der Waals surface area contributed by atoms with Crippen LogP contribution >= 0.6 is 0 Å². The van der Waals surface area contributed by atoms with E-state index in [9.17, 15) is 9.59 Å². The number of imidazole rings is 1. The van der Waals surface area contributed by atoms with Gasteiger partial charge in [0.05, 0.1) is 18.8 Å². The van der Waals surface area contributed by atoms with Crippen molar-refractivity contribution >= 4 is 18.2 Å². The van der Waals surface area contributed by atoms with E-state index >= 15 is 0 Å². The summed E-state index contributed by atoms with van der Waals surface area (Å²) in [7, 11) is 0. The average molecular weight is 461 g/mol. The second-order valence-electron chi connectivity index (χ2n) is 8.67. The molecule has 1 aliphatic heterocycles. The topological polar surface area (TPSA) is 79.7 Å². The van der Waals surface area contributed by atoms with Gasteiger partial charge in [-0.2, -0.15) is 0 Å². The van der Waals surface area contributed by atoms with Crippen molar-refractivity contribution in [2.24, 2.45) is 4.99 Å². The molecule has 0 radical (unpaired) electrons. The number of aromatic amines is 1. The number of H-pyrrole nitrogens is 1. The highest BCUT2D eigenvalue weighted by Gasteiger charge is 2.15. The van der Waals surface area contributed by atoms with E-state index in [1.165, 1.54) is 0 Å². The smallest absolute Gasteiger partial charge is 0.274 e. The minimum atomic E-state index is -0.219. The molecule has 2 aromatic carbocycles. The molecule has 1 amide bonds. The standard InChI is InChI=1S/C27H32N4O3/c1-3-4-8-15-30(18-21-10-6-5-7-11-21)25(32)12-9-16-34-23-13-14-24-22(17-23)19-31-20(2)26(33)29-27(31)28-24/h5-7,10-11,13-14,17H,2-4,8-9,12,15-16,18-19H2,1H3,(H,28,29,33). The molecule has 2 heterocycles. The zero-order chi connectivity index (χ0) is 23.9. The molecular weight excluding hydrogens is 428 g/mol. The second kappa shape index (κ2) is 11.0. The number of fused-ring (bicyclic) bond motifs is 2. The molecule has 1 aromatic heterocycles. The summed E-state index contributed by atoms with van der Waals surface area (Å²) in [5, 5.41) is 0.397. The van der Waals surface area contributed by atoms with Crippen LogP contribution in [0.4, 0.5) is 5.69 Å². The lowest BCUT2D eigenvalue weighted by Crippen LogP contribution is -2.32. The largest absolute Gasteiger partial charge is 0.494 e. The number of hydrogen-bond donors (Lipinski definition) is 1. The number of carbonyl (C=O) groups is 1. The van der Waals surface area contributed by atoms with Crippen LogP contribution in [-0.2, 0) is 17.9 Å². The first-order valence-electron chi connectivity index (χ1n) is 12.0. The summed E-state index contributed by atoms with van der Waals surface area (Å²) >= 11 is 0. The van der Waals surface area contributed by atoms with Gasteiger partial charge in [0.15, 0.2) is 0 Å². The molecule has 1 N–H and O–H groups in total. The maximum atomic E-state index is 12.9. The predicted octanol–water partition coefficient (Wildman–Crippen LogP) is 3.28. The van der Waals surface area contributed by atoms with E-state index < -0.39 is 0 Å². The molecule has 7 heteroatoms. The highest BCUT2D eigenvalue weighted by molar-refractivity contribution is 5.76. The van der Waals surface area contributed by atoms with Gasteiger partial charge < -0.3 is 14.2 Å². The quantitative estimate of drug-likeness (QED) is 0.349. The summed E-state index contributed by atoms with van der Waals surface area (Å²) in [5.74, 6) is 0.901. The third kappa shape index (κ3) is 5.65. The summed E-state index contributed by atoms with van der Waals surface area (Å²) in [6.45, 7) is 8.41. The molecule has 0 aliphatic carbocycles. The first-order valence-corrected chi connectivity index (χ1v) is 12.0. The van der Waals surface area contributed by atoms with Crippen molar-refractivity contribution in [3.63, 3.8) is 0 Å². The number of benzene rings is 2. The molecule has 0 unspecified atom stereocenters. The van der Waals surface area contributed by atoms with Gasteiger partial charge in [-0.1, -0.05) is 56.7 Å². The number of nitrogens with zero attached hydrogens (tertiary/aromatic N) is 3. The van der Waals surface area contributed by atoms with E-state index in [0.717, 1.165) is 48.4 Å². The number of rotatable bonds is 11. The number of ether oxygens (including phenoxy) is 1. The highest BCUT2D eigenvalue weighted by atomic mass is 16.5. The Kier molecular flexibility index (Phi) is 7.62. The first-order chi connectivity index (χ1) is 16.5. The molecule has 0 fully saturated rings. The van der Waals surface area contributed by atoms with E-state index in [4.69, 9.17) is 4.74 Å². The Hall–Kier alpha value is -3.61. The third-order valence-electron chi connectivity index (χ3n) is 6.08. The van der Waals surface area contributed by atoms with Crippen LogP contribution in [0.3, 0.4) is 0 Å². The van der Waals surface area contributed by atoms with Gasteiger partial charge in [-0.3, -0.25) is 14.6 Å². The van der Waals surface area contributed by atoms with Gasteiger partial charge in [0.2, 0.25) is 11.5 Å². The number of aromatic nitrogens is 2. The lowest BCUT2D eigenvalue weighted by Gasteiger charge is -2.23. The van der Waals surface area contributed by atoms with Crippen LogP contribution < -0.4 is 21.3 Å². The van der Waals surface area contributed by atoms with Crippen molar-refractivity contribution in [2.45, 2.75) is 52.1 Å². The molecule has 1 aliphatic rings. The van der Waals surface area contributed by atoms with Crippen molar-refractivity contribution in [2.75, 3.05) is 13.2 Å². The fourth-order valence-corrected chi connectivity index (χ4v) is 4.14. The summed E-state index contributed by atoms with van der Waals surface area (Å²) in [4.78, 5) is 33.9. The fraction of sp³-hybridized carbons (Fsp3) is 0.370. The molecule has 7 nitrogen and oxygen atoms in total. The average Bonchev–Trinajstić information content (AvgIpc) is 3.12. The molecule has 0 saturated heterocycles. The maximum absolute atomic E-state index is 12.9. The van der Waals surface area contributed by atoms with Crippen molar-refractivity contribution in [3.05, 3.63) is 81.0 Å². The number of unbranched alkanes of at least 4 members (excludes halogenated alkanes) is 2. The minimum absolute atomic E-state index is 0.167. The van der Waals surface area contributed by atoms with Crippen LogP contribution in [-0.4, -0.2) is 33.5 Å². The minimum Gasteiger partial charge on any atom is -0.494 e. The van der Waals surface area contributed by atoms with Gasteiger partial charge in [0.1, 0.15) is 11.1 Å². The zero-order valence-corrected chi connectivity index (χ0v) is 19.8. The predicted molar refractivity (Wildman–Crippen MR) is 133 cm³/mol. The van der Waals surface area contributed by atoms with Crippen LogP contribution in [0.2, 0.25) is 0 Å². The Labute approximate surface area is 199 Å². The van der Waals surface area contributed by atoms with Crippen LogP contribution in [0.15, 0.2) is 58.3 Å². The first kappa shape index (κ1) is 23.5. The Morgan fingerprint density at radius 2 is 2.00 bits per heavy atom. The van der Waals surface area contributed by atoms with Gasteiger partial charge in [0, 0.05) is 25.1 Å². The van der Waals surface area contributed by atoms with Gasteiger partial charge in [-0.15, -0.1) is 0 Å². The molecule has 3 aromatic rings. The number of amides is 1. The normalized spacial score (nSPS) is 11.9.